The molecule has 2 aromatic heterocycles. The molecule has 0 unspecified atom stereocenters. The quantitative estimate of drug-likeness (QED) is 0.460. The SMILES string of the molecule is COc1ccc2ncc(Cl)c([C@H](F)CCC3(CO)CCN(CC#Cc4nccs4)CC3)c2c1. The van der Waals surface area contributed by atoms with E-state index >= 15 is 4.39 Å². The number of hydrogen-bond acceptors (Lipinski definition) is 6. The monoisotopic (exact) mass is 487 g/mol. The van der Waals surface area contributed by atoms with Gasteiger partial charge >= 0.3 is 0 Å². The van der Waals surface area contributed by atoms with Gasteiger partial charge in [0.1, 0.15) is 11.9 Å². The summed E-state index contributed by atoms with van der Waals surface area (Å²) in [5.74, 6) is 6.90. The van der Waals surface area contributed by atoms with Gasteiger partial charge in [0.2, 0.25) is 0 Å². The first kappa shape index (κ1) is 23.9. The highest BCUT2D eigenvalue weighted by Crippen LogP contribution is 2.41. The topological polar surface area (TPSA) is 58.5 Å². The Morgan fingerprint density at radius 2 is 2.15 bits per heavy atom. The smallest absolute Gasteiger partial charge is 0.166 e. The van der Waals surface area contributed by atoms with Crippen LogP contribution in [0.25, 0.3) is 10.9 Å². The van der Waals surface area contributed by atoms with Crippen LogP contribution < -0.4 is 4.74 Å². The summed E-state index contributed by atoms with van der Waals surface area (Å²) in [6.07, 6.45) is 4.52. The zero-order valence-electron chi connectivity index (χ0n) is 18.6. The molecule has 0 saturated carbocycles. The number of hydrogen-bond donors (Lipinski definition) is 1. The Balaban J connectivity index is 1.39. The van der Waals surface area contributed by atoms with Gasteiger partial charge in [-0.1, -0.05) is 17.5 Å². The molecule has 1 N–H and O–H groups in total. The summed E-state index contributed by atoms with van der Waals surface area (Å²) in [6, 6.07) is 5.39. The number of benzene rings is 1. The molecule has 33 heavy (non-hydrogen) atoms. The molecule has 1 aromatic carbocycles. The van der Waals surface area contributed by atoms with Crippen LogP contribution in [0.2, 0.25) is 5.02 Å². The second-order valence-electron chi connectivity index (χ2n) is 8.48. The van der Waals surface area contributed by atoms with Gasteiger partial charge in [-0.2, -0.15) is 0 Å². The molecule has 5 nitrogen and oxygen atoms in total. The van der Waals surface area contributed by atoms with E-state index in [9.17, 15) is 5.11 Å². The lowest BCUT2D eigenvalue weighted by atomic mass is 9.74. The number of piperidine rings is 1. The van der Waals surface area contributed by atoms with Crippen molar-refractivity contribution in [2.45, 2.75) is 31.9 Å². The molecular formula is C25H27ClFN3O2S. The average molecular weight is 488 g/mol. The molecule has 0 bridgehead atoms. The van der Waals surface area contributed by atoms with Gasteiger partial charge in [-0.15, -0.1) is 11.3 Å². The number of thiazole rings is 1. The highest BCUT2D eigenvalue weighted by atomic mass is 35.5. The number of ether oxygens (including phenoxy) is 1. The Hall–Kier alpha value is -2.24. The Morgan fingerprint density at radius 3 is 2.85 bits per heavy atom. The number of likely N-dealkylation sites (tertiary alicyclic amines) is 1. The molecule has 1 atom stereocenters. The Kier molecular flexibility index (Phi) is 7.82. The Labute approximate surface area is 202 Å². The molecule has 174 valence electrons. The van der Waals surface area contributed by atoms with E-state index in [1.165, 1.54) is 17.5 Å². The summed E-state index contributed by atoms with van der Waals surface area (Å²) >= 11 is 7.90. The third-order valence-corrected chi connectivity index (χ3v) is 7.48. The van der Waals surface area contributed by atoms with Gasteiger partial charge in [0.15, 0.2) is 5.01 Å². The molecule has 1 aliphatic heterocycles. The van der Waals surface area contributed by atoms with Crippen LogP contribution in [0.5, 0.6) is 5.75 Å². The molecule has 0 radical (unpaired) electrons. The number of nitrogens with zero attached hydrogens (tertiary/aromatic N) is 3. The van der Waals surface area contributed by atoms with E-state index < -0.39 is 6.17 Å². The van der Waals surface area contributed by atoms with Crippen LogP contribution in [0.4, 0.5) is 4.39 Å². The largest absolute Gasteiger partial charge is 0.497 e. The lowest BCUT2D eigenvalue weighted by Crippen LogP contribution is -2.42. The maximum absolute atomic E-state index is 15.5. The van der Waals surface area contributed by atoms with E-state index in [1.807, 2.05) is 11.4 Å². The van der Waals surface area contributed by atoms with Crippen molar-refractivity contribution in [1.82, 2.24) is 14.9 Å². The predicted molar refractivity (Wildman–Crippen MR) is 131 cm³/mol. The van der Waals surface area contributed by atoms with Crippen molar-refractivity contribution in [1.29, 1.82) is 0 Å². The standard InChI is InChI=1S/C25H27ClFN3O2S/c1-32-18-4-5-22-19(15-18)24(20(26)16-29-22)21(27)6-7-25(17-31)8-12-30(13-9-25)11-2-3-23-28-10-14-33-23/h4-5,10,14-16,21,31H,6-9,11-13,17H2,1H3/t21-/m1/s1. The first-order valence-corrected chi connectivity index (χ1v) is 12.3. The summed E-state index contributed by atoms with van der Waals surface area (Å²) in [5, 5.41) is 13.9. The number of aliphatic hydroxyl groups excluding tert-OH is 1. The maximum Gasteiger partial charge on any atom is 0.166 e. The molecule has 3 aromatic rings. The van der Waals surface area contributed by atoms with Crippen LogP contribution >= 0.6 is 22.9 Å². The second-order valence-corrected chi connectivity index (χ2v) is 9.78. The van der Waals surface area contributed by atoms with Crippen molar-refractivity contribution in [3.05, 3.63) is 51.6 Å². The second kappa shape index (κ2) is 10.8. The van der Waals surface area contributed by atoms with E-state index in [-0.39, 0.29) is 12.0 Å². The fraction of sp³-hybridized carbons (Fsp3) is 0.440. The fourth-order valence-electron chi connectivity index (χ4n) is 4.38. The van der Waals surface area contributed by atoms with Crippen LogP contribution in [-0.2, 0) is 0 Å². The summed E-state index contributed by atoms with van der Waals surface area (Å²) in [4.78, 5) is 10.8. The van der Waals surface area contributed by atoms with Gasteiger partial charge in [-0.25, -0.2) is 9.37 Å². The van der Waals surface area contributed by atoms with Crippen LogP contribution in [-0.4, -0.2) is 53.3 Å². The third kappa shape index (κ3) is 5.64. The minimum atomic E-state index is -1.25. The van der Waals surface area contributed by atoms with Gasteiger partial charge in [-0.3, -0.25) is 9.88 Å². The Bertz CT molecular complexity index is 1140. The molecule has 0 aliphatic carbocycles. The minimum Gasteiger partial charge on any atom is -0.497 e. The van der Waals surface area contributed by atoms with Gasteiger partial charge in [0.25, 0.3) is 0 Å². The van der Waals surface area contributed by atoms with E-state index in [0.717, 1.165) is 30.9 Å². The zero-order valence-corrected chi connectivity index (χ0v) is 20.1. The van der Waals surface area contributed by atoms with Crippen molar-refractivity contribution in [3.8, 4) is 17.6 Å². The zero-order chi connectivity index (χ0) is 23.3. The number of rotatable bonds is 7. The molecule has 1 aliphatic rings. The summed E-state index contributed by atoms with van der Waals surface area (Å²) in [6.45, 7) is 2.39. The molecule has 1 saturated heterocycles. The Morgan fingerprint density at radius 1 is 1.33 bits per heavy atom. The lowest BCUT2D eigenvalue weighted by Gasteiger charge is -2.40. The number of alkyl halides is 1. The highest BCUT2D eigenvalue weighted by molar-refractivity contribution is 7.10. The molecule has 0 amide bonds. The number of methoxy groups -OCH3 is 1. The summed E-state index contributed by atoms with van der Waals surface area (Å²) in [5.41, 5.74) is 0.849. The van der Waals surface area contributed by atoms with E-state index in [4.69, 9.17) is 16.3 Å². The van der Waals surface area contributed by atoms with E-state index in [1.54, 1.807) is 25.4 Å². The number of halogens is 2. The average Bonchev–Trinajstić information content (AvgIpc) is 3.36. The first-order valence-electron chi connectivity index (χ1n) is 11.0. The normalized spacial score (nSPS) is 16.8. The van der Waals surface area contributed by atoms with Crippen LogP contribution in [0.1, 0.15) is 42.4 Å². The maximum atomic E-state index is 15.5. The van der Waals surface area contributed by atoms with Gasteiger partial charge in [0.05, 0.1) is 24.2 Å². The van der Waals surface area contributed by atoms with Gasteiger partial charge < -0.3 is 9.84 Å². The summed E-state index contributed by atoms with van der Waals surface area (Å²) in [7, 11) is 1.58. The van der Waals surface area contributed by atoms with Crippen molar-refractivity contribution in [3.63, 3.8) is 0 Å². The molecule has 4 rings (SSSR count). The highest BCUT2D eigenvalue weighted by Gasteiger charge is 2.35. The molecule has 0 spiro atoms. The minimum absolute atomic E-state index is 0.0526. The van der Waals surface area contributed by atoms with Crippen molar-refractivity contribution in [2.24, 2.45) is 5.41 Å². The van der Waals surface area contributed by atoms with Crippen LogP contribution in [0, 0.1) is 17.3 Å². The number of pyridine rings is 1. The molecule has 1 fully saturated rings. The van der Waals surface area contributed by atoms with Crippen LogP contribution in [0.3, 0.4) is 0 Å². The summed E-state index contributed by atoms with van der Waals surface area (Å²) < 4.78 is 20.8. The van der Waals surface area contributed by atoms with Gasteiger partial charge in [0, 0.05) is 35.3 Å². The molecule has 8 heteroatoms. The molecule has 3 heterocycles. The molecular weight excluding hydrogens is 461 g/mol. The first-order chi connectivity index (χ1) is 16.0. The van der Waals surface area contributed by atoms with E-state index in [0.29, 0.717) is 46.6 Å². The predicted octanol–water partition coefficient (Wildman–Crippen LogP) is 5.27. The number of fused-ring (bicyclic) bond motifs is 1. The third-order valence-electron chi connectivity index (χ3n) is 6.49. The van der Waals surface area contributed by atoms with Crippen molar-refractivity contribution in [2.75, 3.05) is 33.4 Å². The van der Waals surface area contributed by atoms with Crippen LogP contribution in [0.15, 0.2) is 36.0 Å². The van der Waals surface area contributed by atoms with Crippen molar-refractivity contribution >= 4 is 33.8 Å². The fourth-order valence-corrected chi connectivity index (χ4v) is 5.15. The van der Waals surface area contributed by atoms with Crippen molar-refractivity contribution < 1.29 is 14.2 Å². The number of aliphatic hydroxyl groups is 1. The van der Waals surface area contributed by atoms with E-state index in [2.05, 4.69) is 26.7 Å². The lowest BCUT2D eigenvalue weighted by molar-refractivity contribution is 0.0344. The van der Waals surface area contributed by atoms with Gasteiger partial charge in [-0.05, 0) is 68.3 Å². The number of aromatic nitrogens is 2.